The molecule has 0 aromatic carbocycles. The molecule has 0 aliphatic heterocycles. The van der Waals surface area contributed by atoms with E-state index in [1.165, 1.54) is 0 Å². The zero-order chi connectivity index (χ0) is 12.4. The van der Waals surface area contributed by atoms with Crippen LogP contribution in [0.3, 0.4) is 0 Å². The van der Waals surface area contributed by atoms with Crippen molar-refractivity contribution < 1.29 is 49.0 Å². The number of hydrogen-bond donors (Lipinski definition) is 2. The minimum absolute atomic E-state index is 0. The number of carbonyl (C=O) groups excluding carboxylic acids is 3. The van der Waals surface area contributed by atoms with Crippen LogP contribution in [0, 0.1) is 0 Å². The van der Waals surface area contributed by atoms with E-state index in [2.05, 4.69) is 6.92 Å². The Labute approximate surface area is 123 Å². The van der Waals surface area contributed by atoms with Crippen LogP contribution in [0.2, 0.25) is 0 Å². The Morgan fingerprint density at radius 2 is 1.59 bits per heavy atom. The third-order valence-electron chi connectivity index (χ3n) is 2.01. The first-order chi connectivity index (χ1) is 7.57. The van der Waals surface area contributed by atoms with Crippen LogP contribution < -0.4 is 45.5 Å². The summed E-state index contributed by atoms with van der Waals surface area (Å²) < 4.78 is 0. The van der Waals surface area contributed by atoms with Gasteiger partial charge in [0.2, 0.25) is 5.91 Å². The van der Waals surface area contributed by atoms with Crippen molar-refractivity contribution in [1.29, 1.82) is 0 Å². The van der Waals surface area contributed by atoms with Gasteiger partial charge in [-0.15, -0.1) is 0 Å². The predicted octanol–water partition coefficient (Wildman–Crippen LogP) is -3.75. The average molecular weight is 252 g/mol. The first-order valence-corrected chi connectivity index (χ1v) is 5.38. The summed E-state index contributed by atoms with van der Waals surface area (Å²) in [5.41, 5.74) is 3.73. The van der Waals surface area contributed by atoms with Crippen molar-refractivity contribution in [2.45, 2.75) is 45.4 Å². The SMILES string of the molecule is CCCCCCCC(=O)NNC(=O)C(=O)[O-].[Na+]. The van der Waals surface area contributed by atoms with E-state index in [1.807, 2.05) is 5.43 Å². The van der Waals surface area contributed by atoms with E-state index in [0.29, 0.717) is 0 Å². The number of unbranched alkanes of at least 4 members (excludes halogenated alkanes) is 4. The molecule has 6 nitrogen and oxygen atoms in total. The topological polar surface area (TPSA) is 98.3 Å². The van der Waals surface area contributed by atoms with E-state index in [4.69, 9.17) is 0 Å². The molecule has 2 N–H and O–H groups in total. The number of nitrogens with one attached hydrogen (secondary N) is 2. The molecule has 0 radical (unpaired) electrons. The Hall–Kier alpha value is -0.590. The number of hydrogen-bond acceptors (Lipinski definition) is 4. The summed E-state index contributed by atoms with van der Waals surface area (Å²) in [6, 6.07) is 0. The molecule has 0 rings (SSSR count). The second kappa shape index (κ2) is 11.9. The van der Waals surface area contributed by atoms with Crippen molar-refractivity contribution in [2.75, 3.05) is 0 Å². The van der Waals surface area contributed by atoms with Crippen LogP contribution in [-0.2, 0) is 14.4 Å². The van der Waals surface area contributed by atoms with Gasteiger partial charge in [-0.2, -0.15) is 0 Å². The van der Waals surface area contributed by atoms with Gasteiger partial charge in [0.05, 0.1) is 0 Å². The largest absolute Gasteiger partial charge is 1.00 e. The van der Waals surface area contributed by atoms with Gasteiger partial charge in [-0.05, 0) is 6.42 Å². The molecule has 0 fully saturated rings. The van der Waals surface area contributed by atoms with Gasteiger partial charge in [-0.3, -0.25) is 20.4 Å². The summed E-state index contributed by atoms with van der Waals surface area (Å²) >= 11 is 0. The Balaban J connectivity index is 0. The van der Waals surface area contributed by atoms with Crippen molar-refractivity contribution in [3.63, 3.8) is 0 Å². The molecule has 0 spiro atoms. The molecule has 0 aliphatic carbocycles. The molecule has 0 aliphatic rings. The average Bonchev–Trinajstić information content (AvgIpc) is 2.25. The second-order valence-corrected chi connectivity index (χ2v) is 3.45. The van der Waals surface area contributed by atoms with E-state index in [0.717, 1.165) is 32.1 Å². The number of carbonyl (C=O) groups is 3. The molecular weight excluding hydrogens is 235 g/mol. The summed E-state index contributed by atoms with van der Waals surface area (Å²) in [7, 11) is 0. The van der Waals surface area contributed by atoms with Gasteiger partial charge < -0.3 is 9.90 Å². The Bertz CT molecular complexity index is 259. The van der Waals surface area contributed by atoms with Crippen molar-refractivity contribution in [3.05, 3.63) is 0 Å². The zero-order valence-electron chi connectivity index (χ0n) is 10.4. The van der Waals surface area contributed by atoms with E-state index >= 15 is 0 Å². The maximum Gasteiger partial charge on any atom is 1.00 e. The Kier molecular flexibility index (Phi) is 13.1. The number of aliphatic carboxylic acids is 1. The van der Waals surface area contributed by atoms with Crippen molar-refractivity contribution in [2.24, 2.45) is 0 Å². The number of carboxylic acid groups (broad SMARTS) is 1. The third-order valence-corrected chi connectivity index (χ3v) is 2.01. The molecule has 0 aromatic rings. The molecule has 92 valence electrons. The van der Waals surface area contributed by atoms with Crippen molar-refractivity contribution in [1.82, 2.24) is 10.9 Å². The van der Waals surface area contributed by atoms with E-state index in [1.54, 1.807) is 5.43 Å². The molecule has 0 atom stereocenters. The maximum absolute atomic E-state index is 11.1. The van der Waals surface area contributed by atoms with Gasteiger partial charge in [0.15, 0.2) is 0 Å². The van der Waals surface area contributed by atoms with Crippen molar-refractivity contribution in [3.8, 4) is 0 Å². The van der Waals surface area contributed by atoms with Gasteiger partial charge in [0.1, 0.15) is 5.97 Å². The van der Waals surface area contributed by atoms with Gasteiger partial charge in [-0.25, -0.2) is 0 Å². The summed E-state index contributed by atoms with van der Waals surface area (Å²) in [6.07, 6.45) is 5.31. The molecule has 0 bridgehead atoms. The summed E-state index contributed by atoms with van der Waals surface area (Å²) in [4.78, 5) is 31.5. The predicted molar refractivity (Wildman–Crippen MR) is 54.7 cm³/mol. The fourth-order valence-corrected chi connectivity index (χ4v) is 1.13. The van der Waals surface area contributed by atoms with Gasteiger partial charge >= 0.3 is 29.6 Å². The molecule has 0 saturated carbocycles. The summed E-state index contributed by atoms with van der Waals surface area (Å²) in [5, 5.41) is 9.97. The number of amides is 2. The maximum atomic E-state index is 11.1. The van der Waals surface area contributed by atoms with E-state index in [9.17, 15) is 19.5 Å². The fourth-order valence-electron chi connectivity index (χ4n) is 1.13. The number of carboxylic acids is 1. The first-order valence-electron chi connectivity index (χ1n) is 5.38. The number of hydrazine groups is 1. The van der Waals surface area contributed by atoms with Crippen LogP contribution in [0.25, 0.3) is 0 Å². The first kappa shape index (κ1) is 18.8. The van der Waals surface area contributed by atoms with Gasteiger partial charge in [-0.1, -0.05) is 32.6 Å². The molecule has 0 saturated heterocycles. The van der Waals surface area contributed by atoms with Crippen LogP contribution in [0.4, 0.5) is 0 Å². The summed E-state index contributed by atoms with van der Waals surface area (Å²) in [6.45, 7) is 2.10. The van der Waals surface area contributed by atoms with Gasteiger partial charge in [0, 0.05) is 6.42 Å². The zero-order valence-corrected chi connectivity index (χ0v) is 12.4. The standard InChI is InChI=1S/C10H18N2O4.Na/c1-2-3-4-5-6-7-8(13)11-12-9(14)10(15)16;/h2-7H2,1H3,(H,11,13)(H,12,14)(H,15,16);/q;+1/p-1. The quantitative estimate of drug-likeness (QED) is 0.219. The summed E-state index contributed by atoms with van der Waals surface area (Å²) in [5.74, 6) is -3.62. The third kappa shape index (κ3) is 11.7. The normalized spacial score (nSPS) is 9.00. The van der Waals surface area contributed by atoms with Crippen molar-refractivity contribution >= 4 is 17.8 Å². The second-order valence-electron chi connectivity index (χ2n) is 3.45. The Morgan fingerprint density at radius 3 is 2.12 bits per heavy atom. The van der Waals surface area contributed by atoms with Crippen LogP contribution in [0.1, 0.15) is 45.4 Å². The smallest absolute Gasteiger partial charge is 0.540 e. The monoisotopic (exact) mass is 252 g/mol. The molecular formula is C10H17N2NaO4. The van der Waals surface area contributed by atoms with E-state index < -0.39 is 17.8 Å². The molecule has 0 unspecified atom stereocenters. The molecule has 2 amide bonds. The molecule has 0 aromatic heterocycles. The molecule has 17 heavy (non-hydrogen) atoms. The van der Waals surface area contributed by atoms with Crippen LogP contribution in [0.5, 0.6) is 0 Å². The Morgan fingerprint density at radius 1 is 1.00 bits per heavy atom. The van der Waals surface area contributed by atoms with Crippen LogP contribution >= 0.6 is 0 Å². The van der Waals surface area contributed by atoms with E-state index in [-0.39, 0.29) is 36.0 Å². The minimum Gasteiger partial charge on any atom is -0.540 e. The minimum atomic E-state index is -1.87. The molecule has 0 heterocycles. The van der Waals surface area contributed by atoms with Gasteiger partial charge in [0.25, 0.3) is 5.91 Å². The van der Waals surface area contributed by atoms with Crippen LogP contribution in [0.15, 0.2) is 0 Å². The molecule has 7 heteroatoms. The fraction of sp³-hybridized carbons (Fsp3) is 0.700. The van der Waals surface area contributed by atoms with Crippen LogP contribution in [-0.4, -0.2) is 17.8 Å². The number of rotatable bonds is 6.